The van der Waals surface area contributed by atoms with Gasteiger partial charge < -0.3 is 10.3 Å². The third kappa shape index (κ3) is 2.92. The van der Waals surface area contributed by atoms with E-state index < -0.39 is 0 Å². The van der Waals surface area contributed by atoms with Gasteiger partial charge in [-0.1, -0.05) is 6.92 Å². The van der Waals surface area contributed by atoms with Crippen molar-refractivity contribution < 1.29 is 4.79 Å². The van der Waals surface area contributed by atoms with E-state index in [1.807, 2.05) is 43.3 Å². The minimum atomic E-state index is -0.0729. The van der Waals surface area contributed by atoms with Crippen molar-refractivity contribution in [3.8, 4) is 0 Å². The van der Waals surface area contributed by atoms with Crippen molar-refractivity contribution in [2.24, 2.45) is 5.92 Å². The average molecular weight is 375 g/mol. The van der Waals surface area contributed by atoms with Crippen molar-refractivity contribution in [1.82, 2.24) is 9.97 Å². The Kier molecular flexibility index (Phi) is 3.79. The van der Waals surface area contributed by atoms with Gasteiger partial charge in [-0.3, -0.25) is 4.79 Å². The number of anilines is 1. The van der Waals surface area contributed by atoms with Crippen LogP contribution in [0.1, 0.15) is 40.0 Å². The summed E-state index contributed by atoms with van der Waals surface area (Å²) in [5, 5.41) is 5.26. The van der Waals surface area contributed by atoms with Crippen LogP contribution >= 0.6 is 11.3 Å². The molecule has 1 atom stereocenters. The van der Waals surface area contributed by atoms with Crippen molar-refractivity contribution >= 4 is 44.1 Å². The lowest BCUT2D eigenvalue weighted by Gasteiger charge is -2.18. The van der Waals surface area contributed by atoms with E-state index in [-0.39, 0.29) is 5.91 Å². The molecule has 0 saturated heterocycles. The number of hydrogen-bond acceptors (Lipinski definition) is 3. The quantitative estimate of drug-likeness (QED) is 0.488. The first-order chi connectivity index (χ1) is 13.1. The maximum Gasteiger partial charge on any atom is 0.255 e. The lowest BCUT2D eigenvalue weighted by Crippen LogP contribution is -2.12. The van der Waals surface area contributed by atoms with Gasteiger partial charge in [0.2, 0.25) is 0 Å². The van der Waals surface area contributed by atoms with Crippen LogP contribution in [0.3, 0.4) is 0 Å². The number of rotatable bonds is 2. The minimum Gasteiger partial charge on any atom is -0.358 e. The first kappa shape index (κ1) is 16.5. The van der Waals surface area contributed by atoms with Crippen LogP contribution in [0.5, 0.6) is 0 Å². The molecular weight excluding hydrogens is 354 g/mol. The van der Waals surface area contributed by atoms with Crippen molar-refractivity contribution in [3.05, 3.63) is 58.2 Å². The molecule has 0 aliphatic heterocycles. The van der Waals surface area contributed by atoms with Crippen LogP contribution in [-0.2, 0) is 12.8 Å². The zero-order valence-corrected chi connectivity index (χ0v) is 16.2. The topological polar surface area (TPSA) is 57.8 Å². The molecule has 2 N–H and O–H groups in total. The molecule has 4 aromatic rings. The molecule has 136 valence electrons. The van der Waals surface area contributed by atoms with E-state index >= 15 is 0 Å². The molecule has 2 heterocycles. The Hall–Kier alpha value is -2.66. The average Bonchev–Trinajstić information content (AvgIpc) is 3.19. The lowest BCUT2D eigenvalue weighted by atomic mass is 9.87. The second-order valence-corrected chi connectivity index (χ2v) is 8.79. The first-order valence-electron chi connectivity index (χ1n) is 9.39. The predicted molar refractivity (Wildman–Crippen MR) is 112 cm³/mol. The van der Waals surface area contributed by atoms with Crippen molar-refractivity contribution in [1.29, 1.82) is 0 Å². The van der Waals surface area contributed by atoms with Gasteiger partial charge in [0.1, 0.15) is 0 Å². The molecule has 1 amide bonds. The van der Waals surface area contributed by atoms with E-state index in [9.17, 15) is 4.79 Å². The predicted octanol–water partition coefficient (Wildman–Crippen LogP) is 5.46. The van der Waals surface area contributed by atoms with Gasteiger partial charge in [0.25, 0.3) is 5.91 Å². The lowest BCUT2D eigenvalue weighted by molar-refractivity contribution is 0.102. The van der Waals surface area contributed by atoms with Crippen LogP contribution in [-0.4, -0.2) is 15.9 Å². The fourth-order valence-electron chi connectivity index (χ4n) is 4.05. The molecule has 4 nitrogen and oxygen atoms in total. The van der Waals surface area contributed by atoms with E-state index in [2.05, 4.69) is 22.2 Å². The van der Waals surface area contributed by atoms with Gasteiger partial charge in [0.05, 0.1) is 15.2 Å². The molecule has 0 saturated carbocycles. The van der Waals surface area contributed by atoms with E-state index in [1.54, 1.807) is 11.3 Å². The van der Waals surface area contributed by atoms with Gasteiger partial charge in [0, 0.05) is 27.8 Å². The van der Waals surface area contributed by atoms with Gasteiger partial charge >= 0.3 is 0 Å². The molecule has 2 aromatic carbocycles. The summed E-state index contributed by atoms with van der Waals surface area (Å²) >= 11 is 1.64. The molecule has 27 heavy (non-hydrogen) atoms. The van der Waals surface area contributed by atoms with E-state index in [0.29, 0.717) is 11.5 Å². The highest BCUT2D eigenvalue weighted by molar-refractivity contribution is 7.18. The third-order valence-electron chi connectivity index (χ3n) is 5.45. The largest absolute Gasteiger partial charge is 0.358 e. The summed E-state index contributed by atoms with van der Waals surface area (Å²) in [5.41, 5.74) is 6.34. The highest BCUT2D eigenvalue weighted by Crippen LogP contribution is 2.32. The maximum atomic E-state index is 12.8. The number of aryl methyl sites for hydroxylation is 2. The first-order valence-corrected chi connectivity index (χ1v) is 10.2. The number of thiazole rings is 1. The Morgan fingerprint density at radius 3 is 3.04 bits per heavy atom. The number of carbonyl (C=O) groups excluding carboxylic acids is 1. The second-order valence-electron chi connectivity index (χ2n) is 7.56. The number of benzene rings is 2. The number of fused-ring (bicyclic) bond motifs is 4. The highest BCUT2D eigenvalue weighted by Gasteiger charge is 2.20. The number of nitrogens with zero attached hydrogens (tertiary/aromatic N) is 1. The summed E-state index contributed by atoms with van der Waals surface area (Å²) in [7, 11) is 0. The molecule has 1 aliphatic rings. The number of carbonyl (C=O) groups is 1. The summed E-state index contributed by atoms with van der Waals surface area (Å²) in [5.74, 6) is 0.625. The summed E-state index contributed by atoms with van der Waals surface area (Å²) in [4.78, 5) is 20.8. The summed E-state index contributed by atoms with van der Waals surface area (Å²) in [6, 6.07) is 11.8. The summed E-state index contributed by atoms with van der Waals surface area (Å²) < 4.78 is 1.09. The van der Waals surface area contributed by atoms with Crippen LogP contribution in [0.15, 0.2) is 36.4 Å². The molecule has 0 radical (unpaired) electrons. The summed E-state index contributed by atoms with van der Waals surface area (Å²) in [6.45, 7) is 4.30. The fraction of sp³-hybridized carbons (Fsp3) is 0.273. The van der Waals surface area contributed by atoms with Crippen LogP contribution in [0.4, 0.5) is 5.69 Å². The van der Waals surface area contributed by atoms with Gasteiger partial charge in [-0.05, 0) is 74.1 Å². The monoisotopic (exact) mass is 375 g/mol. The smallest absolute Gasteiger partial charge is 0.255 e. The number of H-pyrrole nitrogens is 1. The molecule has 0 spiro atoms. The Labute approximate surface area is 161 Å². The number of aromatic nitrogens is 2. The molecule has 0 bridgehead atoms. The zero-order chi connectivity index (χ0) is 18.5. The third-order valence-corrected chi connectivity index (χ3v) is 6.38. The fourth-order valence-corrected chi connectivity index (χ4v) is 4.92. The molecule has 0 unspecified atom stereocenters. The van der Waals surface area contributed by atoms with Crippen LogP contribution in [0.25, 0.3) is 21.1 Å². The Balaban J connectivity index is 1.46. The Morgan fingerprint density at radius 1 is 1.26 bits per heavy atom. The van der Waals surface area contributed by atoms with Gasteiger partial charge in [-0.25, -0.2) is 4.98 Å². The van der Waals surface area contributed by atoms with Crippen molar-refractivity contribution in [2.45, 2.75) is 33.1 Å². The highest BCUT2D eigenvalue weighted by atomic mass is 32.1. The van der Waals surface area contributed by atoms with Crippen molar-refractivity contribution in [3.63, 3.8) is 0 Å². The van der Waals surface area contributed by atoms with E-state index in [4.69, 9.17) is 0 Å². The zero-order valence-electron chi connectivity index (χ0n) is 15.4. The molecule has 5 rings (SSSR count). The van der Waals surface area contributed by atoms with Crippen molar-refractivity contribution in [2.75, 3.05) is 5.32 Å². The minimum absolute atomic E-state index is 0.0729. The van der Waals surface area contributed by atoms with Gasteiger partial charge in [-0.15, -0.1) is 11.3 Å². The van der Waals surface area contributed by atoms with Crippen LogP contribution < -0.4 is 5.32 Å². The maximum absolute atomic E-state index is 12.8. The number of amides is 1. The normalized spacial score (nSPS) is 16.6. The van der Waals surface area contributed by atoms with Crippen LogP contribution in [0, 0.1) is 12.8 Å². The molecule has 0 fully saturated rings. The number of hydrogen-bond donors (Lipinski definition) is 2. The number of nitrogens with one attached hydrogen (secondary N) is 2. The van der Waals surface area contributed by atoms with Gasteiger partial charge in [0.15, 0.2) is 0 Å². The van der Waals surface area contributed by atoms with Gasteiger partial charge in [-0.2, -0.15) is 0 Å². The Morgan fingerprint density at radius 2 is 2.15 bits per heavy atom. The molecular formula is C22H21N3OS. The summed E-state index contributed by atoms with van der Waals surface area (Å²) in [6.07, 6.45) is 3.41. The molecule has 5 heteroatoms. The molecule has 2 aromatic heterocycles. The SMILES string of the molecule is Cc1nc2ccc(NC(=O)c3ccc4[nH]c5c(c4c3)C[C@H](C)CC5)cc2s1. The molecule has 1 aliphatic carbocycles. The van der Waals surface area contributed by atoms with E-state index in [0.717, 1.165) is 39.3 Å². The second kappa shape index (κ2) is 6.20. The van der Waals surface area contributed by atoms with E-state index in [1.165, 1.54) is 23.1 Å². The standard InChI is InChI=1S/C22H21N3OS/c1-12-3-6-18-16(9-12)17-10-14(4-7-19(17)25-18)22(26)24-15-5-8-20-21(11-15)27-13(2)23-20/h4-5,7-8,10-12,25H,3,6,9H2,1-2H3,(H,24,26)/t12-/m1/s1. The van der Waals surface area contributed by atoms with Crippen LogP contribution in [0.2, 0.25) is 0 Å². The number of aromatic amines is 1. The Bertz CT molecular complexity index is 1190.